The summed E-state index contributed by atoms with van der Waals surface area (Å²) in [4.78, 5) is 4.25. The third kappa shape index (κ3) is 2.46. The van der Waals surface area contributed by atoms with Gasteiger partial charge in [0.1, 0.15) is 0 Å². The predicted molar refractivity (Wildman–Crippen MR) is 74.8 cm³/mol. The van der Waals surface area contributed by atoms with E-state index in [0.717, 1.165) is 25.0 Å². The molecule has 2 aromatic rings. The average Bonchev–Trinajstić information content (AvgIpc) is 2.88. The molecule has 1 heterocycles. The molecule has 3 nitrogen and oxygen atoms in total. The van der Waals surface area contributed by atoms with Gasteiger partial charge >= 0.3 is 0 Å². The Morgan fingerprint density at radius 2 is 2.06 bits per heavy atom. The van der Waals surface area contributed by atoms with Crippen molar-refractivity contribution in [3.8, 4) is 5.69 Å². The van der Waals surface area contributed by atoms with Gasteiger partial charge in [0.2, 0.25) is 0 Å². The van der Waals surface area contributed by atoms with Crippen molar-refractivity contribution in [3.63, 3.8) is 0 Å². The molecule has 0 radical (unpaired) electrons. The molecule has 0 saturated carbocycles. The Hall–Kier alpha value is -1.61. The maximum Gasteiger partial charge on any atom is 0.0994 e. The van der Waals surface area contributed by atoms with Crippen molar-refractivity contribution in [2.75, 3.05) is 0 Å². The van der Waals surface area contributed by atoms with Crippen LogP contribution >= 0.6 is 0 Å². The minimum absolute atomic E-state index is 0.0437. The number of aromatic nitrogens is 2. The average molecular weight is 243 g/mol. The summed E-state index contributed by atoms with van der Waals surface area (Å²) in [6.45, 7) is 4.29. The van der Waals surface area contributed by atoms with E-state index in [2.05, 4.69) is 47.7 Å². The molecule has 0 spiro atoms. The summed E-state index contributed by atoms with van der Waals surface area (Å²) in [5.41, 5.74) is 9.78. The molecule has 1 aromatic carbocycles. The number of benzene rings is 1. The summed E-state index contributed by atoms with van der Waals surface area (Å²) in [5.74, 6) is 0. The van der Waals surface area contributed by atoms with E-state index in [1.165, 1.54) is 11.3 Å². The van der Waals surface area contributed by atoms with Crippen LogP contribution in [0.4, 0.5) is 0 Å². The third-order valence-corrected chi connectivity index (χ3v) is 3.26. The maximum absolute atomic E-state index is 6.14. The second kappa shape index (κ2) is 5.83. The van der Waals surface area contributed by atoms with Gasteiger partial charge in [0.25, 0.3) is 0 Å². The summed E-state index contributed by atoms with van der Waals surface area (Å²) >= 11 is 0. The molecule has 0 bridgehead atoms. The Bertz CT molecular complexity index is 502. The minimum Gasteiger partial charge on any atom is -0.323 e. The number of hydrogen-bond acceptors (Lipinski definition) is 2. The van der Waals surface area contributed by atoms with Crippen molar-refractivity contribution in [2.24, 2.45) is 5.73 Å². The van der Waals surface area contributed by atoms with E-state index in [1.807, 2.05) is 12.5 Å². The number of aryl methyl sites for hydroxylation is 1. The number of para-hydroxylation sites is 1. The molecule has 3 heteroatoms. The first-order chi connectivity index (χ1) is 8.77. The Balaban J connectivity index is 2.45. The van der Waals surface area contributed by atoms with Crippen molar-refractivity contribution in [3.05, 3.63) is 48.0 Å². The van der Waals surface area contributed by atoms with E-state index >= 15 is 0 Å². The zero-order valence-electron chi connectivity index (χ0n) is 11.1. The first kappa shape index (κ1) is 12.8. The van der Waals surface area contributed by atoms with Crippen LogP contribution in [0.5, 0.6) is 0 Å². The fraction of sp³-hybridized carbons (Fsp3) is 0.400. The van der Waals surface area contributed by atoms with Gasteiger partial charge in [-0.05, 0) is 24.5 Å². The van der Waals surface area contributed by atoms with Crippen LogP contribution in [0, 0.1) is 0 Å². The van der Waals surface area contributed by atoms with Gasteiger partial charge in [-0.1, -0.05) is 38.5 Å². The lowest BCUT2D eigenvalue weighted by Crippen LogP contribution is -2.14. The Kier molecular flexibility index (Phi) is 4.15. The SMILES string of the molecule is CCCc1ccccc1-n1cncc1[C@H](N)CC. The van der Waals surface area contributed by atoms with Crippen molar-refractivity contribution in [1.29, 1.82) is 0 Å². The molecule has 18 heavy (non-hydrogen) atoms. The zero-order chi connectivity index (χ0) is 13.0. The highest BCUT2D eigenvalue weighted by atomic mass is 15.1. The van der Waals surface area contributed by atoms with Crippen LogP contribution in [0.15, 0.2) is 36.8 Å². The molecule has 0 unspecified atom stereocenters. The number of rotatable bonds is 5. The minimum atomic E-state index is 0.0437. The first-order valence-electron chi connectivity index (χ1n) is 6.64. The molecule has 1 aromatic heterocycles. The van der Waals surface area contributed by atoms with E-state index in [0.29, 0.717) is 0 Å². The molecule has 0 aliphatic rings. The summed E-state index contributed by atoms with van der Waals surface area (Å²) in [6.07, 6.45) is 6.87. The standard InChI is InChI=1S/C15H21N3/c1-3-7-12-8-5-6-9-14(12)18-11-17-10-15(18)13(16)4-2/h5-6,8-11,13H,3-4,7,16H2,1-2H3/t13-/m1/s1. The Morgan fingerprint density at radius 1 is 1.28 bits per heavy atom. The third-order valence-electron chi connectivity index (χ3n) is 3.26. The number of imidazole rings is 1. The van der Waals surface area contributed by atoms with Crippen LogP contribution in [0.25, 0.3) is 5.69 Å². The van der Waals surface area contributed by atoms with E-state index in [4.69, 9.17) is 5.73 Å². The van der Waals surface area contributed by atoms with Gasteiger partial charge in [-0.25, -0.2) is 4.98 Å². The maximum atomic E-state index is 6.14. The summed E-state index contributed by atoms with van der Waals surface area (Å²) in [7, 11) is 0. The van der Waals surface area contributed by atoms with Crippen LogP contribution in [0.1, 0.15) is 44.0 Å². The van der Waals surface area contributed by atoms with Gasteiger partial charge in [-0.2, -0.15) is 0 Å². The summed E-state index contributed by atoms with van der Waals surface area (Å²) in [5, 5.41) is 0. The highest BCUT2D eigenvalue weighted by Crippen LogP contribution is 2.22. The predicted octanol–water partition coefficient (Wildman–Crippen LogP) is 3.23. The van der Waals surface area contributed by atoms with Crippen molar-refractivity contribution >= 4 is 0 Å². The molecule has 1 atom stereocenters. The first-order valence-corrected chi connectivity index (χ1v) is 6.64. The highest BCUT2D eigenvalue weighted by molar-refractivity contribution is 5.42. The second-order valence-corrected chi connectivity index (χ2v) is 4.58. The van der Waals surface area contributed by atoms with Gasteiger partial charge in [0.15, 0.2) is 0 Å². The normalized spacial score (nSPS) is 12.6. The lowest BCUT2D eigenvalue weighted by Gasteiger charge is -2.16. The molecule has 96 valence electrons. The fourth-order valence-corrected chi connectivity index (χ4v) is 2.22. The fourth-order valence-electron chi connectivity index (χ4n) is 2.22. The number of nitrogens with zero attached hydrogens (tertiary/aromatic N) is 2. The number of nitrogens with two attached hydrogens (primary N) is 1. The Morgan fingerprint density at radius 3 is 2.78 bits per heavy atom. The molecule has 2 rings (SSSR count). The van der Waals surface area contributed by atoms with Crippen LogP contribution < -0.4 is 5.73 Å². The molecule has 0 amide bonds. The van der Waals surface area contributed by atoms with Crippen LogP contribution in [0.2, 0.25) is 0 Å². The smallest absolute Gasteiger partial charge is 0.0994 e. The van der Waals surface area contributed by atoms with Gasteiger partial charge in [0.05, 0.1) is 23.9 Å². The highest BCUT2D eigenvalue weighted by Gasteiger charge is 2.12. The quantitative estimate of drug-likeness (QED) is 0.876. The Labute approximate surface area is 109 Å². The monoisotopic (exact) mass is 243 g/mol. The molecule has 2 N–H and O–H groups in total. The van der Waals surface area contributed by atoms with Gasteiger partial charge in [-0.3, -0.25) is 0 Å². The van der Waals surface area contributed by atoms with Crippen molar-refractivity contribution in [2.45, 2.75) is 39.2 Å². The lowest BCUT2D eigenvalue weighted by atomic mass is 10.1. The largest absolute Gasteiger partial charge is 0.323 e. The molecule has 0 fully saturated rings. The summed E-state index contributed by atoms with van der Waals surface area (Å²) < 4.78 is 2.12. The van der Waals surface area contributed by atoms with Gasteiger partial charge < -0.3 is 10.3 Å². The molecule has 0 saturated heterocycles. The van der Waals surface area contributed by atoms with Crippen LogP contribution in [-0.4, -0.2) is 9.55 Å². The van der Waals surface area contributed by atoms with Crippen molar-refractivity contribution in [1.82, 2.24) is 9.55 Å². The molecular weight excluding hydrogens is 222 g/mol. The number of hydrogen-bond donors (Lipinski definition) is 1. The van der Waals surface area contributed by atoms with Gasteiger partial charge in [-0.15, -0.1) is 0 Å². The van der Waals surface area contributed by atoms with E-state index in [9.17, 15) is 0 Å². The van der Waals surface area contributed by atoms with E-state index in [1.54, 1.807) is 0 Å². The second-order valence-electron chi connectivity index (χ2n) is 4.58. The van der Waals surface area contributed by atoms with Crippen molar-refractivity contribution < 1.29 is 0 Å². The van der Waals surface area contributed by atoms with Gasteiger partial charge in [0, 0.05) is 6.04 Å². The van der Waals surface area contributed by atoms with E-state index < -0.39 is 0 Å². The van der Waals surface area contributed by atoms with Crippen LogP contribution in [-0.2, 0) is 6.42 Å². The molecular formula is C15H21N3. The van der Waals surface area contributed by atoms with E-state index in [-0.39, 0.29) is 6.04 Å². The van der Waals surface area contributed by atoms with Crippen LogP contribution in [0.3, 0.4) is 0 Å². The lowest BCUT2D eigenvalue weighted by molar-refractivity contribution is 0.658. The zero-order valence-corrected chi connectivity index (χ0v) is 11.1. The topological polar surface area (TPSA) is 43.8 Å². The summed E-state index contributed by atoms with van der Waals surface area (Å²) in [6, 6.07) is 8.52. The molecule has 0 aliphatic carbocycles. The molecule has 0 aliphatic heterocycles.